The van der Waals surface area contributed by atoms with Crippen LogP contribution in [0.2, 0.25) is 0 Å². The van der Waals surface area contributed by atoms with Crippen LogP contribution in [0, 0.1) is 5.82 Å². The number of hydrogen-bond acceptors (Lipinski definition) is 4. The van der Waals surface area contributed by atoms with Crippen LogP contribution in [-0.4, -0.2) is 24.2 Å². The summed E-state index contributed by atoms with van der Waals surface area (Å²) < 4.78 is 14.4. The highest BCUT2D eigenvalue weighted by Gasteiger charge is 2.09. The minimum atomic E-state index is -0.543. The lowest BCUT2D eigenvalue weighted by Gasteiger charge is -2.12. The molecule has 2 aromatic carbocycles. The molecular formula is C16H18BrFN4O2. The maximum absolute atomic E-state index is 13.6. The normalized spacial score (nSPS) is 10.3. The van der Waals surface area contributed by atoms with Crippen LogP contribution in [-0.2, 0) is 6.61 Å². The summed E-state index contributed by atoms with van der Waals surface area (Å²) in [7, 11) is 0. The van der Waals surface area contributed by atoms with Crippen LogP contribution in [0.3, 0.4) is 0 Å². The Kier molecular flexibility index (Phi) is 6.53. The van der Waals surface area contributed by atoms with E-state index in [9.17, 15) is 14.3 Å². The van der Waals surface area contributed by atoms with Gasteiger partial charge in [0.2, 0.25) is 0 Å². The third-order valence-electron chi connectivity index (χ3n) is 3.12. The minimum Gasteiger partial charge on any atom is -0.392 e. The van der Waals surface area contributed by atoms with E-state index in [4.69, 9.17) is 5.73 Å². The van der Waals surface area contributed by atoms with Gasteiger partial charge in [-0.05, 0) is 30.3 Å². The molecule has 0 aliphatic heterocycles. The topological polar surface area (TPSA) is 99.4 Å². The zero-order valence-corrected chi connectivity index (χ0v) is 14.4. The molecule has 0 saturated heterocycles. The zero-order chi connectivity index (χ0) is 17.5. The third kappa shape index (κ3) is 5.19. The van der Waals surface area contributed by atoms with E-state index in [0.29, 0.717) is 35.7 Å². The molecule has 0 atom stereocenters. The standard InChI is InChI=1S/C16H18BrFN4O2/c17-11-2-1-10(9-23)15(5-11)22-16(24)21-14-7-12(18)6-13(8-14)20-4-3-19/h1-2,5-8,20,23H,3-4,9,19H2,(H2,21,22,24). The van der Waals surface area contributed by atoms with Gasteiger partial charge in [-0.25, -0.2) is 9.18 Å². The molecule has 2 amide bonds. The second-order valence-electron chi connectivity index (χ2n) is 4.98. The van der Waals surface area contributed by atoms with E-state index < -0.39 is 11.8 Å². The van der Waals surface area contributed by atoms with Crippen LogP contribution < -0.4 is 21.7 Å². The lowest BCUT2D eigenvalue weighted by molar-refractivity contribution is 0.262. The zero-order valence-electron chi connectivity index (χ0n) is 12.8. The van der Waals surface area contributed by atoms with E-state index in [1.165, 1.54) is 12.1 Å². The molecule has 0 unspecified atom stereocenters. The molecule has 6 nitrogen and oxygen atoms in total. The Labute approximate surface area is 147 Å². The van der Waals surface area contributed by atoms with Crippen molar-refractivity contribution in [2.45, 2.75) is 6.61 Å². The molecule has 2 aromatic rings. The van der Waals surface area contributed by atoms with Gasteiger partial charge in [0.15, 0.2) is 0 Å². The average Bonchev–Trinajstić information content (AvgIpc) is 2.52. The van der Waals surface area contributed by atoms with Crippen LogP contribution in [0.25, 0.3) is 0 Å². The molecule has 0 spiro atoms. The van der Waals surface area contributed by atoms with Crippen molar-refractivity contribution in [3.63, 3.8) is 0 Å². The Morgan fingerprint density at radius 1 is 1.17 bits per heavy atom. The van der Waals surface area contributed by atoms with Gasteiger partial charge in [0, 0.05) is 40.2 Å². The lowest BCUT2D eigenvalue weighted by Crippen LogP contribution is -2.20. The summed E-state index contributed by atoms with van der Waals surface area (Å²) in [5.74, 6) is -0.481. The molecule has 0 radical (unpaired) electrons. The summed E-state index contributed by atoms with van der Waals surface area (Å²) in [6.07, 6.45) is 0. The summed E-state index contributed by atoms with van der Waals surface area (Å²) in [6, 6.07) is 8.71. The fraction of sp³-hybridized carbons (Fsp3) is 0.188. The quantitative estimate of drug-likeness (QED) is 0.517. The van der Waals surface area contributed by atoms with Crippen molar-refractivity contribution in [1.29, 1.82) is 0 Å². The molecule has 6 N–H and O–H groups in total. The second-order valence-corrected chi connectivity index (χ2v) is 5.90. The van der Waals surface area contributed by atoms with Gasteiger partial charge in [-0.15, -0.1) is 0 Å². The predicted molar refractivity (Wildman–Crippen MR) is 96.7 cm³/mol. The molecule has 0 heterocycles. The molecular weight excluding hydrogens is 379 g/mol. The van der Waals surface area contributed by atoms with Gasteiger partial charge in [0.1, 0.15) is 5.82 Å². The molecule has 0 aliphatic carbocycles. The Bertz CT molecular complexity index is 727. The van der Waals surface area contributed by atoms with E-state index >= 15 is 0 Å². The number of benzene rings is 2. The SMILES string of the molecule is NCCNc1cc(F)cc(NC(=O)Nc2cc(Br)ccc2CO)c1. The molecule has 2 rings (SSSR count). The van der Waals surface area contributed by atoms with Crippen molar-refractivity contribution >= 4 is 39.0 Å². The highest BCUT2D eigenvalue weighted by Crippen LogP contribution is 2.22. The number of nitrogens with two attached hydrogens (primary N) is 1. The van der Waals surface area contributed by atoms with Gasteiger partial charge in [-0.2, -0.15) is 0 Å². The summed E-state index contributed by atoms with van der Waals surface area (Å²) >= 11 is 3.30. The summed E-state index contributed by atoms with van der Waals surface area (Å²) in [6.45, 7) is 0.690. The molecule has 0 aromatic heterocycles. The molecule has 0 bridgehead atoms. The first-order valence-electron chi connectivity index (χ1n) is 7.23. The van der Waals surface area contributed by atoms with E-state index in [1.807, 2.05) is 0 Å². The van der Waals surface area contributed by atoms with Crippen molar-refractivity contribution in [3.05, 3.63) is 52.3 Å². The maximum atomic E-state index is 13.6. The largest absolute Gasteiger partial charge is 0.392 e. The molecule has 0 saturated carbocycles. The average molecular weight is 397 g/mol. The minimum absolute atomic E-state index is 0.212. The molecule has 0 aliphatic rings. The second kappa shape index (κ2) is 8.62. The Morgan fingerprint density at radius 2 is 1.92 bits per heavy atom. The number of aliphatic hydroxyl groups is 1. The van der Waals surface area contributed by atoms with E-state index in [1.54, 1.807) is 24.3 Å². The molecule has 8 heteroatoms. The Balaban J connectivity index is 2.10. The lowest BCUT2D eigenvalue weighted by atomic mass is 10.2. The van der Waals surface area contributed by atoms with Crippen molar-refractivity contribution in [2.24, 2.45) is 5.73 Å². The smallest absolute Gasteiger partial charge is 0.323 e. The van der Waals surface area contributed by atoms with Gasteiger partial charge in [0.05, 0.1) is 6.61 Å². The number of carbonyl (C=O) groups excluding carboxylic acids is 1. The summed E-state index contributed by atoms with van der Waals surface area (Å²) in [5.41, 5.74) is 7.25. The number of urea groups is 1. The van der Waals surface area contributed by atoms with Crippen molar-refractivity contribution in [3.8, 4) is 0 Å². The predicted octanol–water partition coefficient (Wildman–Crippen LogP) is 3.10. The van der Waals surface area contributed by atoms with Gasteiger partial charge in [-0.3, -0.25) is 0 Å². The Hall–Kier alpha value is -2.16. The first-order valence-corrected chi connectivity index (χ1v) is 8.03. The first-order chi connectivity index (χ1) is 11.5. The van der Waals surface area contributed by atoms with Crippen molar-refractivity contribution in [1.82, 2.24) is 0 Å². The van der Waals surface area contributed by atoms with Crippen LogP contribution in [0.15, 0.2) is 40.9 Å². The van der Waals surface area contributed by atoms with Crippen LogP contribution in [0.5, 0.6) is 0 Å². The van der Waals surface area contributed by atoms with Crippen LogP contribution in [0.4, 0.5) is 26.2 Å². The number of amides is 2. The molecule has 24 heavy (non-hydrogen) atoms. The van der Waals surface area contributed by atoms with E-state index in [-0.39, 0.29) is 6.61 Å². The Morgan fingerprint density at radius 3 is 2.62 bits per heavy atom. The van der Waals surface area contributed by atoms with Crippen molar-refractivity contribution < 1.29 is 14.3 Å². The molecule has 0 fully saturated rings. The van der Waals surface area contributed by atoms with Crippen LogP contribution in [0.1, 0.15) is 5.56 Å². The number of aliphatic hydroxyl groups excluding tert-OH is 1. The summed E-state index contributed by atoms with van der Waals surface area (Å²) in [5, 5.41) is 17.5. The van der Waals surface area contributed by atoms with E-state index in [2.05, 4.69) is 31.9 Å². The summed E-state index contributed by atoms with van der Waals surface area (Å²) in [4.78, 5) is 12.1. The van der Waals surface area contributed by atoms with Crippen molar-refractivity contribution in [2.75, 3.05) is 29.0 Å². The van der Waals surface area contributed by atoms with Crippen LogP contribution >= 0.6 is 15.9 Å². The van der Waals surface area contributed by atoms with Gasteiger partial charge in [-0.1, -0.05) is 22.0 Å². The monoisotopic (exact) mass is 396 g/mol. The number of anilines is 3. The number of rotatable bonds is 6. The third-order valence-corrected chi connectivity index (χ3v) is 3.61. The van der Waals surface area contributed by atoms with Gasteiger partial charge in [0.25, 0.3) is 0 Å². The highest BCUT2D eigenvalue weighted by molar-refractivity contribution is 9.10. The number of halogens is 2. The first kappa shape index (κ1) is 18.2. The van der Waals surface area contributed by atoms with E-state index in [0.717, 1.165) is 4.47 Å². The van der Waals surface area contributed by atoms with Gasteiger partial charge >= 0.3 is 6.03 Å². The number of carbonyl (C=O) groups is 1. The number of hydrogen-bond donors (Lipinski definition) is 5. The fourth-order valence-corrected chi connectivity index (χ4v) is 2.43. The van der Waals surface area contributed by atoms with Gasteiger partial charge < -0.3 is 26.8 Å². The number of nitrogens with one attached hydrogen (secondary N) is 3. The maximum Gasteiger partial charge on any atom is 0.323 e. The molecule has 128 valence electrons. The highest BCUT2D eigenvalue weighted by atomic mass is 79.9. The fourth-order valence-electron chi connectivity index (χ4n) is 2.07.